The predicted molar refractivity (Wildman–Crippen MR) is 111 cm³/mol. The summed E-state index contributed by atoms with van der Waals surface area (Å²) in [7, 11) is 0. The Morgan fingerprint density at radius 1 is 1.13 bits per heavy atom. The van der Waals surface area contributed by atoms with E-state index in [1.165, 1.54) is 0 Å². The summed E-state index contributed by atoms with van der Waals surface area (Å²) in [6.07, 6.45) is 6.36. The average molecular weight is 423 g/mol. The first kappa shape index (κ1) is 21.7. The highest BCUT2D eigenvalue weighted by molar-refractivity contribution is 5.83. The van der Waals surface area contributed by atoms with Gasteiger partial charge in [0.05, 0.1) is 24.7 Å². The van der Waals surface area contributed by atoms with Crippen molar-refractivity contribution in [1.82, 2.24) is 10.6 Å². The summed E-state index contributed by atoms with van der Waals surface area (Å²) >= 11 is 0. The molecule has 2 bridgehead atoms. The van der Waals surface area contributed by atoms with Crippen LogP contribution >= 0.6 is 0 Å². The number of benzene rings is 1. The molecule has 3 unspecified atom stereocenters. The van der Waals surface area contributed by atoms with Crippen LogP contribution in [0.4, 0.5) is 13.2 Å². The lowest BCUT2D eigenvalue weighted by Crippen LogP contribution is -2.60. The number of carbonyl (C=O) groups excluding carboxylic acids is 1. The Labute approximate surface area is 177 Å². The molecule has 1 aliphatic heterocycles. The molecule has 1 aromatic carbocycles. The van der Waals surface area contributed by atoms with Crippen molar-refractivity contribution in [2.24, 2.45) is 16.7 Å². The summed E-state index contributed by atoms with van der Waals surface area (Å²) < 4.78 is 42.2. The molecule has 3 nitrogen and oxygen atoms in total. The minimum absolute atomic E-state index is 0.150. The Balaban J connectivity index is 1.57. The van der Waals surface area contributed by atoms with E-state index in [0.29, 0.717) is 31.7 Å². The highest BCUT2D eigenvalue weighted by Crippen LogP contribution is 2.61. The second-order valence-electron chi connectivity index (χ2n) is 9.95. The highest BCUT2D eigenvalue weighted by atomic mass is 19.3. The molecule has 1 aromatic rings. The van der Waals surface area contributed by atoms with Crippen LogP contribution in [0.15, 0.2) is 30.3 Å². The molecule has 1 saturated heterocycles. The molecule has 166 valence electrons. The van der Waals surface area contributed by atoms with Crippen LogP contribution in [-0.2, 0) is 11.2 Å². The number of rotatable bonds is 7. The van der Waals surface area contributed by atoms with Gasteiger partial charge < -0.3 is 10.6 Å². The van der Waals surface area contributed by atoms with Gasteiger partial charge in [0, 0.05) is 0 Å². The minimum Gasteiger partial charge on any atom is -0.347 e. The number of fused-ring (bicyclic) bond motifs is 2. The fourth-order valence-electron chi connectivity index (χ4n) is 6.35. The van der Waals surface area contributed by atoms with Gasteiger partial charge in [0.2, 0.25) is 5.91 Å². The third-order valence-electron chi connectivity index (χ3n) is 7.82. The van der Waals surface area contributed by atoms with Gasteiger partial charge in [0.25, 0.3) is 5.92 Å². The predicted octanol–water partition coefficient (Wildman–Crippen LogP) is 4.66. The molecule has 30 heavy (non-hydrogen) atoms. The molecule has 2 saturated carbocycles. The number of hydrogen-bond acceptors (Lipinski definition) is 2. The summed E-state index contributed by atoms with van der Waals surface area (Å²) in [6, 6.07) is 8.88. The van der Waals surface area contributed by atoms with Gasteiger partial charge in [-0.25, -0.2) is 8.78 Å². The zero-order valence-electron chi connectivity index (χ0n) is 17.6. The van der Waals surface area contributed by atoms with Crippen molar-refractivity contribution >= 4 is 5.91 Å². The van der Waals surface area contributed by atoms with Crippen molar-refractivity contribution in [1.29, 1.82) is 0 Å². The fraction of sp³-hybridized carbons (Fsp3) is 0.708. The lowest BCUT2D eigenvalue weighted by molar-refractivity contribution is -0.142. The van der Waals surface area contributed by atoms with Crippen molar-refractivity contribution in [2.75, 3.05) is 19.8 Å². The first-order valence-electron chi connectivity index (χ1n) is 11.4. The highest BCUT2D eigenvalue weighted by Gasteiger charge is 2.55. The third kappa shape index (κ3) is 4.39. The first-order valence-corrected chi connectivity index (χ1v) is 11.4. The van der Waals surface area contributed by atoms with Crippen LogP contribution < -0.4 is 10.6 Å². The molecule has 3 fully saturated rings. The first-order chi connectivity index (χ1) is 14.4. The van der Waals surface area contributed by atoms with E-state index in [9.17, 15) is 18.0 Å². The van der Waals surface area contributed by atoms with Gasteiger partial charge in [-0.15, -0.1) is 0 Å². The van der Waals surface area contributed by atoms with Crippen molar-refractivity contribution < 1.29 is 18.0 Å². The summed E-state index contributed by atoms with van der Waals surface area (Å²) in [5, 5.41) is 5.48. The lowest BCUT2D eigenvalue weighted by atomic mass is 9.59. The molecule has 4 atom stereocenters. The van der Waals surface area contributed by atoms with Gasteiger partial charge >= 0.3 is 0 Å². The van der Waals surface area contributed by atoms with Gasteiger partial charge in [0.1, 0.15) is 0 Å². The number of carbonyl (C=O) groups is 1. The van der Waals surface area contributed by atoms with Crippen LogP contribution in [0, 0.1) is 16.7 Å². The van der Waals surface area contributed by atoms with Crippen molar-refractivity contribution in [3.63, 3.8) is 0 Å². The molecule has 6 heteroatoms. The number of halogens is 3. The topological polar surface area (TPSA) is 41.1 Å². The molecule has 0 aromatic heterocycles. The summed E-state index contributed by atoms with van der Waals surface area (Å²) in [5.74, 6) is -2.79. The van der Waals surface area contributed by atoms with Crippen LogP contribution in [0.25, 0.3) is 0 Å². The Morgan fingerprint density at radius 2 is 1.93 bits per heavy atom. The van der Waals surface area contributed by atoms with E-state index in [1.54, 1.807) is 0 Å². The van der Waals surface area contributed by atoms with Gasteiger partial charge in [0.15, 0.2) is 0 Å². The number of alkyl halides is 3. The molecule has 2 aliphatic carbocycles. The normalized spacial score (nSPS) is 35.2. The van der Waals surface area contributed by atoms with Crippen molar-refractivity contribution in [3.8, 4) is 0 Å². The van der Waals surface area contributed by atoms with Crippen LogP contribution in [0.5, 0.6) is 0 Å². The Bertz CT molecular complexity index is 739. The Hall–Kier alpha value is -1.56. The molecular weight excluding hydrogens is 389 g/mol. The van der Waals surface area contributed by atoms with Gasteiger partial charge in [-0.3, -0.25) is 9.18 Å². The molecule has 4 rings (SSSR count). The molecule has 0 radical (unpaired) electrons. The second-order valence-corrected chi connectivity index (χ2v) is 9.95. The second kappa shape index (κ2) is 8.52. The number of piperidine rings is 1. The van der Waals surface area contributed by atoms with Crippen LogP contribution in [-0.4, -0.2) is 37.6 Å². The van der Waals surface area contributed by atoms with E-state index >= 15 is 0 Å². The SMILES string of the molecule is O=C(NC1CCNCC1(F)F)C1(CCc2ccccc2)CC2CC[C@@](CCF)(C2)C1. The summed E-state index contributed by atoms with van der Waals surface area (Å²) in [6.45, 7) is -0.301. The molecule has 2 N–H and O–H groups in total. The van der Waals surface area contributed by atoms with E-state index in [2.05, 4.69) is 10.6 Å². The number of nitrogens with one attached hydrogen (secondary N) is 2. The van der Waals surface area contributed by atoms with Crippen LogP contribution in [0.3, 0.4) is 0 Å². The van der Waals surface area contributed by atoms with Crippen LogP contribution in [0.1, 0.15) is 56.9 Å². The summed E-state index contributed by atoms with van der Waals surface area (Å²) in [4.78, 5) is 13.6. The quantitative estimate of drug-likeness (QED) is 0.671. The van der Waals surface area contributed by atoms with Gasteiger partial charge in [-0.1, -0.05) is 30.3 Å². The van der Waals surface area contributed by atoms with Crippen molar-refractivity contribution in [2.45, 2.75) is 69.8 Å². The fourth-order valence-corrected chi connectivity index (χ4v) is 6.35. The largest absolute Gasteiger partial charge is 0.347 e. The smallest absolute Gasteiger partial charge is 0.280 e. The van der Waals surface area contributed by atoms with E-state index in [-0.39, 0.29) is 24.4 Å². The maximum atomic E-state index is 14.4. The standard InChI is InChI=1S/C24H33F3N2O/c25-12-11-22-9-6-19(14-22)15-23(16-22,10-7-18-4-2-1-3-5-18)21(30)29-20-8-13-28-17-24(20,26)27/h1-5,19-20,28H,6-17H2,(H,29,30)/t19?,20?,22-,23?/m1/s1. The Kier molecular flexibility index (Phi) is 6.16. The van der Waals surface area contributed by atoms with E-state index in [0.717, 1.165) is 37.7 Å². The van der Waals surface area contributed by atoms with Crippen LogP contribution in [0.2, 0.25) is 0 Å². The van der Waals surface area contributed by atoms with E-state index in [4.69, 9.17) is 0 Å². The molecule has 1 heterocycles. The lowest BCUT2D eigenvalue weighted by Gasteiger charge is -2.46. The maximum absolute atomic E-state index is 14.4. The zero-order chi connectivity index (χ0) is 21.2. The van der Waals surface area contributed by atoms with Crippen molar-refractivity contribution in [3.05, 3.63) is 35.9 Å². The minimum atomic E-state index is -2.95. The summed E-state index contributed by atoms with van der Waals surface area (Å²) in [5.41, 5.74) is 0.308. The zero-order valence-corrected chi connectivity index (χ0v) is 17.6. The molecule has 3 aliphatic rings. The molecule has 0 spiro atoms. The average Bonchev–Trinajstić information content (AvgIpc) is 3.03. The monoisotopic (exact) mass is 422 g/mol. The van der Waals surface area contributed by atoms with E-state index in [1.807, 2.05) is 30.3 Å². The third-order valence-corrected chi connectivity index (χ3v) is 7.82. The number of hydrogen-bond donors (Lipinski definition) is 2. The van der Waals surface area contributed by atoms with Gasteiger partial charge in [-0.2, -0.15) is 0 Å². The molecular formula is C24H33F3N2O. The molecule has 1 amide bonds. The number of amides is 1. The number of aryl methyl sites for hydroxylation is 1. The van der Waals surface area contributed by atoms with E-state index < -0.39 is 23.9 Å². The Morgan fingerprint density at radius 3 is 2.67 bits per heavy atom. The maximum Gasteiger partial charge on any atom is 0.280 e. The van der Waals surface area contributed by atoms with Gasteiger partial charge in [-0.05, 0) is 81.2 Å².